The molecule has 2 aliphatic rings. The molecule has 2 amide bonds. The fourth-order valence-corrected chi connectivity index (χ4v) is 5.10. The summed E-state index contributed by atoms with van der Waals surface area (Å²) in [6.45, 7) is 0.840. The van der Waals surface area contributed by atoms with Gasteiger partial charge >= 0.3 is 12.5 Å². The lowest BCUT2D eigenvalue weighted by Crippen LogP contribution is -2.44. The molecule has 2 atom stereocenters. The Hall–Kier alpha value is -3.36. The predicted octanol–water partition coefficient (Wildman–Crippen LogP) is 2.34. The summed E-state index contributed by atoms with van der Waals surface area (Å²) in [6, 6.07) is 10.3. The van der Waals surface area contributed by atoms with Crippen molar-refractivity contribution in [3.63, 3.8) is 0 Å². The molecular weight excluding hydrogens is 519 g/mol. The average molecular weight is 544 g/mol. The minimum Gasteiger partial charge on any atom is -0.445 e. The van der Waals surface area contributed by atoms with E-state index in [1.807, 2.05) is 0 Å². The molecule has 14 heteroatoms. The molecule has 2 aliphatic heterocycles. The largest absolute Gasteiger partial charge is 0.573 e. The summed E-state index contributed by atoms with van der Waals surface area (Å²) in [4.78, 5) is 28.6. The maximum Gasteiger partial charge on any atom is 0.573 e. The predicted molar refractivity (Wildman–Crippen MR) is 122 cm³/mol. The Morgan fingerprint density at radius 3 is 2.16 bits per heavy atom. The van der Waals surface area contributed by atoms with Crippen LogP contribution in [0.4, 0.5) is 18.0 Å². The number of likely N-dealkylation sites (tertiary alicyclic amines) is 2. The first-order valence-corrected chi connectivity index (χ1v) is 12.6. The summed E-state index contributed by atoms with van der Waals surface area (Å²) in [5.74, 6) is -0.869. The second-order valence-electron chi connectivity index (χ2n) is 8.85. The molecule has 0 radical (unpaired) electrons. The van der Waals surface area contributed by atoms with Crippen LogP contribution in [-0.2, 0) is 26.1 Å². The quantitative estimate of drug-likeness (QED) is 0.592. The minimum atomic E-state index is -4.79. The number of carbonyl (C=O) groups excluding carboxylic acids is 2. The summed E-state index contributed by atoms with van der Waals surface area (Å²) < 4.78 is 74.6. The van der Waals surface area contributed by atoms with Gasteiger partial charge in [0, 0.05) is 31.7 Å². The number of methoxy groups -OCH3 is 1. The van der Waals surface area contributed by atoms with Gasteiger partial charge in [-0.15, -0.1) is 13.2 Å². The van der Waals surface area contributed by atoms with Gasteiger partial charge in [-0.3, -0.25) is 4.79 Å². The maximum atomic E-state index is 13.0. The molecule has 2 aromatic rings. The fourth-order valence-electron chi connectivity index (χ4n) is 4.59. The second kappa shape index (κ2) is 9.84. The first-order valence-electron chi connectivity index (χ1n) is 11.0. The van der Waals surface area contributed by atoms with Crippen LogP contribution in [0.3, 0.4) is 0 Å². The number of amides is 2. The van der Waals surface area contributed by atoms with Crippen molar-refractivity contribution in [2.24, 2.45) is 11.1 Å². The van der Waals surface area contributed by atoms with E-state index in [-0.39, 0.29) is 48.7 Å². The van der Waals surface area contributed by atoms with E-state index in [0.717, 1.165) is 12.1 Å². The van der Waals surface area contributed by atoms with Gasteiger partial charge in [0.1, 0.15) is 18.0 Å². The van der Waals surface area contributed by atoms with Gasteiger partial charge in [-0.2, -0.15) is 0 Å². The zero-order valence-electron chi connectivity index (χ0n) is 19.6. The molecule has 0 saturated carbocycles. The highest BCUT2D eigenvalue weighted by Gasteiger charge is 2.55. The topological polar surface area (TPSA) is 128 Å². The Kier molecular flexibility index (Phi) is 7.10. The summed E-state index contributed by atoms with van der Waals surface area (Å²) >= 11 is 0. The first kappa shape index (κ1) is 26.7. The van der Waals surface area contributed by atoms with E-state index in [1.165, 1.54) is 48.4 Å². The first-order chi connectivity index (χ1) is 17.3. The highest BCUT2D eigenvalue weighted by molar-refractivity contribution is 7.89. The SMILES string of the molecule is CO[C@@]12CN(C(=O)OCc3ccc(OC(F)(F)F)cc3)C[C@H]1CN(C(=O)c1ccc(S(N)(=O)=O)cc1)C2. The molecule has 0 aromatic heterocycles. The van der Waals surface area contributed by atoms with Crippen molar-refractivity contribution in [2.45, 2.75) is 23.5 Å². The number of nitrogens with zero attached hydrogens (tertiary/aromatic N) is 2. The number of primary sulfonamides is 1. The lowest BCUT2D eigenvalue weighted by molar-refractivity contribution is -0.274. The van der Waals surface area contributed by atoms with Crippen molar-refractivity contribution >= 4 is 22.0 Å². The fraction of sp³-hybridized carbons (Fsp3) is 0.391. The van der Waals surface area contributed by atoms with E-state index in [1.54, 1.807) is 4.90 Å². The average Bonchev–Trinajstić information content (AvgIpc) is 3.37. The normalized spacial score (nSPS) is 21.6. The van der Waals surface area contributed by atoms with Crippen molar-refractivity contribution in [1.29, 1.82) is 0 Å². The number of benzene rings is 2. The van der Waals surface area contributed by atoms with E-state index in [9.17, 15) is 31.2 Å². The molecular formula is C23H24F3N3O7S. The zero-order chi connectivity index (χ0) is 27.0. The van der Waals surface area contributed by atoms with E-state index >= 15 is 0 Å². The Morgan fingerprint density at radius 2 is 1.62 bits per heavy atom. The van der Waals surface area contributed by atoms with E-state index in [0.29, 0.717) is 17.7 Å². The van der Waals surface area contributed by atoms with E-state index < -0.39 is 28.1 Å². The third-order valence-electron chi connectivity index (χ3n) is 6.44. The van der Waals surface area contributed by atoms with Crippen molar-refractivity contribution in [3.05, 3.63) is 59.7 Å². The number of hydrogen-bond donors (Lipinski definition) is 1. The summed E-state index contributed by atoms with van der Waals surface area (Å²) in [5.41, 5.74) is -0.0262. The van der Waals surface area contributed by atoms with Crippen molar-refractivity contribution in [1.82, 2.24) is 9.80 Å². The number of alkyl halides is 3. The van der Waals surface area contributed by atoms with Gasteiger partial charge in [0.15, 0.2) is 0 Å². The Labute approximate surface area is 210 Å². The molecule has 2 aromatic carbocycles. The van der Waals surface area contributed by atoms with E-state index in [2.05, 4.69) is 4.74 Å². The van der Waals surface area contributed by atoms with Crippen LogP contribution in [-0.4, -0.2) is 75.5 Å². The number of nitrogens with two attached hydrogens (primary N) is 1. The molecule has 2 saturated heterocycles. The smallest absolute Gasteiger partial charge is 0.445 e. The van der Waals surface area contributed by atoms with Crippen LogP contribution in [0.25, 0.3) is 0 Å². The molecule has 200 valence electrons. The summed E-state index contributed by atoms with van der Waals surface area (Å²) in [7, 11) is -2.38. The van der Waals surface area contributed by atoms with Gasteiger partial charge in [-0.05, 0) is 42.0 Å². The summed E-state index contributed by atoms with van der Waals surface area (Å²) in [6.07, 6.45) is -5.41. The third kappa shape index (κ3) is 5.97. The van der Waals surface area contributed by atoms with Gasteiger partial charge in [0.2, 0.25) is 10.0 Å². The molecule has 0 unspecified atom stereocenters. The van der Waals surface area contributed by atoms with Crippen molar-refractivity contribution in [3.8, 4) is 5.75 Å². The third-order valence-corrected chi connectivity index (χ3v) is 7.37. The standard InChI is InChI=1S/C23H24F3N3O7S/c1-34-22-13-28(20(30)16-4-8-19(9-5-16)37(27,32)33)10-17(22)11-29(14-22)21(31)35-12-15-2-6-18(7-3-15)36-23(24,25)26/h2-9,17H,10-14H2,1H3,(H2,27,32,33)/t17-,22+/m1/s1. The molecule has 2 fully saturated rings. The van der Waals surface area contributed by atoms with E-state index in [4.69, 9.17) is 14.6 Å². The molecule has 0 bridgehead atoms. The lowest BCUT2D eigenvalue weighted by atomic mass is 9.95. The van der Waals surface area contributed by atoms with Crippen molar-refractivity contribution < 1.29 is 45.4 Å². The molecule has 4 rings (SSSR count). The van der Waals surface area contributed by atoms with Crippen LogP contribution < -0.4 is 9.88 Å². The molecule has 0 aliphatic carbocycles. The molecule has 2 heterocycles. The molecule has 0 spiro atoms. The van der Waals surface area contributed by atoms with Crippen LogP contribution >= 0.6 is 0 Å². The Balaban J connectivity index is 1.33. The Bertz CT molecular complexity index is 1270. The monoisotopic (exact) mass is 543 g/mol. The van der Waals surface area contributed by atoms with Crippen LogP contribution in [0.15, 0.2) is 53.4 Å². The maximum absolute atomic E-state index is 13.0. The number of rotatable bonds is 6. The summed E-state index contributed by atoms with van der Waals surface area (Å²) in [5, 5.41) is 5.10. The number of halogens is 3. The molecule has 37 heavy (non-hydrogen) atoms. The Morgan fingerprint density at radius 1 is 1.03 bits per heavy atom. The van der Waals surface area contributed by atoms with Gasteiger partial charge in [0.05, 0.1) is 18.0 Å². The highest BCUT2D eigenvalue weighted by atomic mass is 32.2. The number of carbonyl (C=O) groups is 2. The van der Waals surface area contributed by atoms with Crippen LogP contribution in [0.5, 0.6) is 5.75 Å². The molecule has 10 nitrogen and oxygen atoms in total. The van der Waals surface area contributed by atoms with Crippen LogP contribution in [0, 0.1) is 5.92 Å². The lowest BCUT2D eigenvalue weighted by Gasteiger charge is -2.27. The van der Waals surface area contributed by atoms with Gasteiger partial charge in [-0.1, -0.05) is 12.1 Å². The second-order valence-corrected chi connectivity index (χ2v) is 10.4. The number of ether oxygens (including phenoxy) is 3. The zero-order valence-corrected chi connectivity index (χ0v) is 20.4. The number of fused-ring (bicyclic) bond motifs is 1. The number of hydrogen-bond acceptors (Lipinski definition) is 7. The van der Waals surface area contributed by atoms with Gasteiger partial charge in [0.25, 0.3) is 5.91 Å². The minimum absolute atomic E-state index is 0.101. The number of sulfonamides is 1. The highest BCUT2D eigenvalue weighted by Crippen LogP contribution is 2.38. The van der Waals surface area contributed by atoms with Gasteiger partial charge < -0.3 is 24.0 Å². The van der Waals surface area contributed by atoms with Gasteiger partial charge in [-0.25, -0.2) is 18.4 Å². The van der Waals surface area contributed by atoms with Crippen LogP contribution in [0.2, 0.25) is 0 Å². The molecule has 2 N–H and O–H groups in total. The van der Waals surface area contributed by atoms with Crippen molar-refractivity contribution in [2.75, 3.05) is 33.3 Å². The van der Waals surface area contributed by atoms with Crippen LogP contribution in [0.1, 0.15) is 15.9 Å².